The lowest BCUT2D eigenvalue weighted by Crippen LogP contribution is -2.24. The Kier molecular flexibility index (Phi) is 2.75. The Morgan fingerprint density at radius 3 is 2.86 bits per heavy atom. The third-order valence-electron chi connectivity index (χ3n) is 3.81. The van der Waals surface area contributed by atoms with Crippen molar-refractivity contribution < 1.29 is 18.6 Å². The van der Waals surface area contributed by atoms with Crippen molar-refractivity contribution in [3.05, 3.63) is 41.7 Å². The van der Waals surface area contributed by atoms with Crippen LogP contribution in [0.1, 0.15) is 5.56 Å². The molecule has 4 nitrogen and oxygen atoms in total. The summed E-state index contributed by atoms with van der Waals surface area (Å²) in [5.41, 5.74) is 8.08. The van der Waals surface area contributed by atoms with Gasteiger partial charge in [-0.15, -0.1) is 0 Å². The molecule has 2 aliphatic heterocycles. The summed E-state index contributed by atoms with van der Waals surface area (Å²) in [6.07, 6.45) is 0.552. The average Bonchev–Trinajstić information content (AvgIpc) is 3.11. The lowest BCUT2D eigenvalue weighted by Gasteiger charge is -2.11. The Hall–Kier alpha value is -2.27. The van der Waals surface area contributed by atoms with Gasteiger partial charge in [-0.25, -0.2) is 4.39 Å². The monoisotopic (exact) mass is 287 g/mol. The molecule has 108 valence electrons. The molecule has 0 aliphatic carbocycles. The maximum absolute atomic E-state index is 13.9. The van der Waals surface area contributed by atoms with Gasteiger partial charge < -0.3 is 19.9 Å². The fourth-order valence-corrected chi connectivity index (χ4v) is 2.80. The van der Waals surface area contributed by atoms with Crippen molar-refractivity contribution in [2.24, 2.45) is 5.73 Å². The van der Waals surface area contributed by atoms with E-state index in [2.05, 4.69) is 0 Å². The minimum absolute atomic E-state index is 0.0884. The molecule has 2 N–H and O–H groups in total. The van der Waals surface area contributed by atoms with E-state index >= 15 is 0 Å². The highest BCUT2D eigenvalue weighted by atomic mass is 19.1. The van der Waals surface area contributed by atoms with Crippen LogP contribution in [0.4, 0.5) is 4.39 Å². The molecule has 2 heterocycles. The first-order chi connectivity index (χ1) is 10.2. The molecule has 0 saturated carbocycles. The van der Waals surface area contributed by atoms with Crippen molar-refractivity contribution in [3.63, 3.8) is 0 Å². The molecule has 2 aromatic carbocycles. The van der Waals surface area contributed by atoms with Gasteiger partial charge in [0.15, 0.2) is 11.5 Å². The van der Waals surface area contributed by atoms with E-state index in [4.69, 9.17) is 19.9 Å². The largest absolute Gasteiger partial charge is 0.488 e. The molecule has 0 bridgehead atoms. The van der Waals surface area contributed by atoms with Gasteiger partial charge >= 0.3 is 0 Å². The van der Waals surface area contributed by atoms with Crippen LogP contribution in [-0.4, -0.2) is 19.4 Å². The zero-order chi connectivity index (χ0) is 14.4. The molecule has 0 saturated heterocycles. The van der Waals surface area contributed by atoms with E-state index in [-0.39, 0.29) is 18.7 Å². The summed E-state index contributed by atoms with van der Waals surface area (Å²) in [4.78, 5) is 0. The van der Waals surface area contributed by atoms with Crippen LogP contribution in [0.5, 0.6) is 17.2 Å². The summed E-state index contributed by atoms with van der Waals surface area (Å²) in [5.74, 6) is 1.81. The van der Waals surface area contributed by atoms with Crippen LogP contribution in [0, 0.1) is 5.82 Å². The van der Waals surface area contributed by atoms with Crippen LogP contribution in [0.3, 0.4) is 0 Å². The normalized spacial score (nSPS) is 18.5. The first-order valence-corrected chi connectivity index (χ1v) is 6.84. The number of halogens is 1. The number of ether oxygens (including phenoxy) is 3. The van der Waals surface area contributed by atoms with Gasteiger partial charge in [0.05, 0.1) is 0 Å². The summed E-state index contributed by atoms with van der Waals surface area (Å²) < 4.78 is 30.4. The first-order valence-electron chi connectivity index (χ1n) is 6.84. The van der Waals surface area contributed by atoms with Gasteiger partial charge in [-0.3, -0.25) is 0 Å². The van der Waals surface area contributed by atoms with E-state index < -0.39 is 0 Å². The first kappa shape index (κ1) is 12.5. The Morgan fingerprint density at radius 2 is 2.00 bits per heavy atom. The summed E-state index contributed by atoms with van der Waals surface area (Å²) in [5, 5.41) is 0. The minimum Gasteiger partial charge on any atom is -0.488 e. The van der Waals surface area contributed by atoms with E-state index in [1.165, 1.54) is 12.1 Å². The van der Waals surface area contributed by atoms with Gasteiger partial charge in [-0.05, 0) is 29.8 Å². The van der Waals surface area contributed by atoms with Gasteiger partial charge in [-0.2, -0.15) is 0 Å². The van der Waals surface area contributed by atoms with Crippen LogP contribution >= 0.6 is 0 Å². The van der Waals surface area contributed by atoms with Crippen molar-refractivity contribution in [2.45, 2.75) is 12.5 Å². The van der Waals surface area contributed by atoms with Crippen LogP contribution < -0.4 is 19.9 Å². The van der Waals surface area contributed by atoms with Gasteiger partial charge in [0, 0.05) is 24.1 Å². The number of rotatable bonds is 2. The Labute approximate surface area is 121 Å². The molecule has 0 spiro atoms. The topological polar surface area (TPSA) is 53.7 Å². The van der Waals surface area contributed by atoms with E-state index in [0.29, 0.717) is 30.2 Å². The fourth-order valence-electron chi connectivity index (χ4n) is 2.80. The van der Waals surface area contributed by atoms with Crippen molar-refractivity contribution in [2.75, 3.05) is 13.3 Å². The molecule has 1 unspecified atom stereocenters. The molecule has 2 aliphatic rings. The number of hydrogen-bond acceptors (Lipinski definition) is 4. The Morgan fingerprint density at radius 1 is 1.14 bits per heavy atom. The molecule has 0 amide bonds. The van der Waals surface area contributed by atoms with Gasteiger partial charge in [0.1, 0.15) is 17.7 Å². The second-order valence-corrected chi connectivity index (χ2v) is 5.19. The van der Waals surface area contributed by atoms with Crippen molar-refractivity contribution in [3.8, 4) is 28.4 Å². The third kappa shape index (κ3) is 2.01. The van der Waals surface area contributed by atoms with E-state index in [1.807, 2.05) is 18.2 Å². The highest BCUT2D eigenvalue weighted by Gasteiger charge is 2.26. The van der Waals surface area contributed by atoms with E-state index in [0.717, 1.165) is 16.7 Å². The Balaban J connectivity index is 1.83. The lowest BCUT2D eigenvalue weighted by molar-refractivity contribution is 0.174. The molecule has 5 heteroatoms. The maximum atomic E-state index is 13.9. The molecule has 0 fully saturated rings. The second-order valence-electron chi connectivity index (χ2n) is 5.19. The fraction of sp³-hybridized carbons (Fsp3) is 0.250. The standard InChI is InChI=1S/C16H14FNO3/c17-11-3-10-4-12(7-18)21-16(10)13(6-11)9-1-2-14-15(5-9)20-8-19-14/h1-3,5-6,12H,4,7-8,18H2. The molecule has 0 aromatic heterocycles. The van der Waals surface area contributed by atoms with Crippen LogP contribution in [0.15, 0.2) is 30.3 Å². The molecule has 2 aromatic rings. The van der Waals surface area contributed by atoms with Gasteiger partial charge in [0.25, 0.3) is 0 Å². The summed E-state index contributed by atoms with van der Waals surface area (Å²) in [6.45, 7) is 0.628. The molecule has 21 heavy (non-hydrogen) atoms. The smallest absolute Gasteiger partial charge is 0.231 e. The van der Waals surface area contributed by atoms with Crippen molar-refractivity contribution in [1.82, 2.24) is 0 Å². The third-order valence-corrected chi connectivity index (χ3v) is 3.81. The van der Waals surface area contributed by atoms with Crippen LogP contribution in [-0.2, 0) is 6.42 Å². The molecule has 1 atom stereocenters. The summed E-state index contributed by atoms with van der Waals surface area (Å²) in [7, 11) is 0. The summed E-state index contributed by atoms with van der Waals surface area (Å²) >= 11 is 0. The van der Waals surface area contributed by atoms with Gasteiger partial charge in [0.2, 0.25) is 6.79 Å². The SMILES string of the molecule is NCC1Cc2cc(F)cc(-c3ccc4c(c3)OCO4)c2O1. The maximum Gasteiger partial charge on any atom is 0.231 e. The second kappa shape index (κ2) is 4.63. The van der Waals surface area contributed by atoms with E-state index in [1.54, 1.807) is 0 Å². The number of fused-ring (bicyclic) bond motifs is 2. The number of benzene rings is 2. The molecule has 4 rings (SSSR count). The van der Waals surface area contributed by atoms with Crippen LogP contribution in [0.2, 0.25) is 0 Å². The number of hydrogen-bond donors (Lipinski definition) is 1. The molecular weight excluding hydrogens is 273 g/mol. The van der Waals surface area contributed by atoms with Crippen molar-refractivity contribution in [1.29, 1.82) is 0 Å². The van der Waals surface area contributed by atoms with E-state index in [9.17, 15) is 4.39 Å². The minimum atomic E-state index is -0.275. The summed E-state index contributed by atoms with van der Waals surface area (Å²) in [6, 6.07) is 8.54. The van der Waals surface area contributed by atoms with Crippen LogP contribution in [0.25, 0.3) is 11.1 Å². The highest BCUT2D eigenvalue weighted by Crippen LogP contribution is 2.42. The predicted molar refractivity (Wildman–Crippen MR) is 75.1 cm³/mol. The Bertz CT molecular complexity index is 717. The average molecular weight is 287 g/mol. The molecular formula is C16H14FNO3. The number of nitrogens with two attached hydrogens (primary N) is 1. The zero-order valence-corrected chi connectivity index (χ0v) is 11.3. The van der Waals surface area contributed by atoms with Crippen molar-refractivity contribution >= 4 is 0 Å². The van der Waals surface area contributed by atoms with Gasteiger partial charge in [-0.1, -0.05) is 6.07 Å². The molecule has 0 radical (unpaired) electrons. The zero-order valence-electron chi connectivity index (χ0n) is 11.3. The quantitative estimate of drug-likeness (QED) is 0.922. The lowest BCUT2D eigenvalue weighted by atomic mass is 10.00. The highest BCUT2D eigenvalue weighted by molar-refractivity contribution is 5.75. The predicted octanol–water partition coefficient (Wildman–Crippen LogP) is 2.48.